The first kappa shape index (κ1) is 20.2. The van der Waals surface area contributed by atoms with E-state index in [1.807, 2.05) is 27.7 Å². The zero-order chi connectivity index (χ0) is 20.7. The minimum atomic E-state index is -0.511. The van der Waals surface area contributed by atoms with Gasteiger partial charge < -0.3 is 14.5 Å². The van der Waals surface area contributed by atoms with Gasteiger partial charge in [0.2, 0.25) is 0 Å². The maximum Gasteiger partial charge on any atom is 0.410 e. The molecule has 1 aromatic rings. The number of carbonyl (C=O) groups excluding carboxylic acids is 1. The Morgan fingerprint density at radius 3 is 2.43 bits per heavy atom. The van der Waals surface area contributed by atoms with Crippen LogP contribution in [0.3, 0.4) is 0 Å². The van der Waals surface area contributed by atoms with Gasteiger partial charge in [-0.25, -0.2) is 9.78 Å². The Morgan fingerprint density at radius 1 is 1.25 bits per heavy atom. The van der Waals surface area contributed by atoms with Gasteiger partial charge in [-0.2, -0.15) is 10.5 Å². The van der Waals surface area contributed by atoms with E-state index < -0.39 is 5.60 Å². The van der Waals surface area contributed by atoms with Gasteiger partial charge in [-0.1, -0.05) is 18.5 Å². The van der Waals surface area contributed by atoms with Gasteiger partial charge in [-0.15, -0.1) is 0 Å². The van der Waals surface area contributed by atoms with Crippen molar-refractivity contribution in [2.75, 3.05) is 31.1 Å². The minimum absolute atomic E-state index is 0.0158. The molecular formula is C20H24ClN5O2. The molecule has 2 saturated heterocycles. The lowest BCUT2D eigenvalue weighted by atomic mass is 9.79. The van der Waals surface area contributed by atoms with Crippen LogP contribution in [-0.4, -0.2) is 47.8 Å². The first-order chi connectivity index (χ1) is 13.1. The van der Waals surface area contributed by atoms with E-state index in [0.29, 0.717) is 43.0 Å². The monoisotopic (exact) mass is 401 g/mol. The number of hydrogen-bond donors (Lipinski definition) is 0. The molecule has 0 atom stereocenters. The number of likely N-dealkylation sites (tertiary alicyclic amines) is 1. The Labute approximate surface area is 170 Å². The summed E-state index contributed by atoms with van der Waals surface area (Å²) in [6, 6.07) is 4.27. The molecule has 2 aliphatic rings. The summed E-state index contributed by atoms with van der Waals surface area (Å²) in [4.78, 5) is 20.4. The Hall–Kier alpha value is -2.51. The largest absolute Gasteiger partial charge is 0.444 e. The van der Waals surface area contributed by atoms with Crippen LogP contribution in [0.4, 0.5) is 10.6 Å². The van der Waals surface area contributed by atoms with Crippen molar-refractivity contribution in [3.05, 3.63) is 21.8 Å². The summed E-state index contributed by atoms with van der Waals surface area (Å²) < 4.78 is 5.43. The number of rotatable bonds is 2. The van der Waals surface area contributed by atoms with Crippen LogP contribution in [0.15, 0.2) is 0 Å². The third-order valence-corrected chi connectivity index (χ3v) is 5.53. The highest BCUT2D eigenvalue weighted by Crippen LogP contribution is 2.42. The molecule has 0 N–H and O–H groups in total. The van der Waals surface area contributed by atoms with Gasteiger partial charge in [0.25, 0.3) is 0 Å². The van der Waals surface area contributed by atoms with Crippen molar-refractivity contribution in [1.29, 1.82) is 10.5 Å². The number of hydrogen-bond acceptors (Lipinski definition) is 6. The van der Waals surface area contributed by atoms with E-state index in [4.69, 9.17) is 16.3 Å². The summed E-state index contributed by atoms with van der Waals surface area (Å²) in [6.45, 7) is 10.1. The lowest BCUT2D eigenvalue weighted by Crippen LogP contribution is -2.60. The predicted molar refractivity (Wildman–Crippen MR) is 105 cm³/mol. The third-order valence-electron chi connectivity index (χ3n) is 5.26. The third kappa shape index (κ3) is 3.59. The van der Waals surface area contributed by atoms with Crippen LogP contribution in [-0.2, 0) is 11.2 Å². The highest BCUT2D eigenvalue weighted by atomic mass is 35.5. The van der Waals surface area contributed by atoms with E-state index in [-0.39, 0.29) is 22.2 Å². The van der Waals surface area contributed by atoms with Crippen LogP contribution in [0.2, 0.25) is 5.15 Å². The van der Waals surface area contributed by atoms with E-state index in [2.05, 4.69) is 22.0 Å². The van der Waals surface area contributed by atoms with Crippen molar-refractivity contribution in [1.82, 2.24) is 9.88 Å². The molecular weight excluding hydrogens is 378 g/mol. The van der Waals surface area contributed by atoms with Crippen LogP contribution in [0.5, 0.6) is 0 Å². The Morgan fingerprint density at radius 2 is 1.89 bits per heavy atom. The molecule has 7 nitrogen and oxygen atoms in total. The van der Waals surface area contributed by atoms with E-state index in [0.717, 1.165) is 13.0 Å². The highest BCUT2D eigenvalue weighted by molar-refractivity contribution is 6.30. The zero-order valence-electron chi connectivity index (χ0n) is 16.7. The molecule has 0 unspecified atom stereocenters. The maximum atomic E-state index is 12.2. The summed E-state index contributed by atoms with van der Waals surface area (Å²) in [5, 5.41) is 19.2. The van der Waals surface area contributed by atoms with E-state index >= 15 is 0 Å². The number of pyridine rings is 1. The van der Waals surface area contributed by atoms with Crippen LogP contribution in [0, 0.1) is 28.1 Å². The molecule has 28 heavy (non-hydrogen) atoms. The number of aromatic nitrogens is 1. The lowest BCUT2D eigenvalue weighted by molar-refractivity contribution is -0.0266. The summed E-state index contributed by atoms with van der Waals surface area (Å²) in [5.74, 6) is 0.538. The first-order valence-electron chi connectivity index (χ1n) is 9.38. The smallest absolute Gasteiger partial charge is 0.410 e. The summed E-state index contributed by atoms with van der Waals surface area (Å²) >= 11 is 6.23. The second-order valence-corrected chi connectivity index (χ2v) is 8.90. The first-order valence-corrected chi connectivity index (χ1v) is 9.76. The number of carbonyl (C=O) groups is 1. The van der Waals surface area contributed by atoms with E-state index in [9.17, 15) is 15.3 Å². The van der Waals surface area contributed by atoms with Gasteiger partial charge in [-0.05, 0) is 39.2 Å². The maximum absolute atomic E-state index is 12.2. The molecule has 8 heteroatoms. The van der Waals surface area contributed by atoms with Crippen LogP contribution in [0.25, 0.3) is 0 Å². The van der Waals surface area contributed by atoms with Crippen molar-refractivity contribution in [3.8, 4) is 12.1 Å². The van der Waals surface area contributed by atoms with Crippen molar-refractivity contribution in [2.24, 2.45) is 5.41 Å². The number of ether oxygens (including phenoxy) is 1. The average molecular weight is 402 g/mol. The topological polar surface area (TPSA) is 93.2 Å². The molecule has 0 aromatic carbocycles. The standard InChI is InChI=1S/C20H24ClN5O2/c1-5-13-14(8-22)16(21)24-17(15(13)9-23)25-7-6-20(10-25)11-26(12-20)18(27)28-19(2,3)4/h5-7,10-12H2,1-4H3. The molecule has 2 aliphatic heterocycles. The van der Waals surface area contributed by atoms with Crippen molar-refractivity contribution in [2.45, 2.75) is 46.1 Å². The molecule has 1 amide bonds. The molecule has 3 heterocycles. The van der Waals surface area contributed by atoms with Crippen LogP contribution >= 0.6 is 11.6 Å². The van der Waals surface area contributed by atoms with Crippen molar-refractivity contribution < 1.29 is 9.53 Å². The SMILES string of the molecule is CCc1c(C#N)c(Cl)nc(N2CCC3(CN(C(=O)OC(C)(C)C)C3)C2)c1C#N. The molecule has 0 saturated carbocycles. The summed E-state index contributed by atoms with van der Waals surface area (Å²) in [5.41, 5.74) is 0.813. The molecule has 1 spiro atoms. The quantitative estimate of drug-likeness (QED) is 0.704. The van der Waals surface area contributed by atoms with Gasteiger partial charge in [0, 0.05) is 31.6 Å². The van der Waals surface area contributed by atoms with E-state index in [1.54, 1.807) is 4.90 Å². The Bertz CT molecular complexity index is 888. The van der Waals surface area contributed by atoms with Gasteiger partial charge in [0.05, 0.1) is 11.1 Å². The predicted octanol–water partition coefficient (Wildman–Crippen LogP) is 3.49. The minimum Gasteiger partial charge on any atom is -0.444 e. The average Bonchev–Trinajstić information content (AvgIpc) is 3.03. The molecule has 2 fully saturated rings. The normalized spacial score (nSPS) is 17.8. The van der Waals surface area contributed by atoms with Crippen LogP contribution < -0.4 is 4.90 Å². The fourth-order valence-electron chi connectivity index (χ4n) is 4.00. The second kappa shape index (κ2) is 7.14. The molecule has 148 valence electrons. The van der Waals surface area contributed by atoms with Crippen molar-refractivity contribution >= 4 is 23.5 Å². The molecule has 3 rings (SSSR count). The van der Waals surface area contributed by atoms with Gasteiger partial charge in [-0.3, -0.25) is 0 Å². The van der Waals surface area contributed by atoms with Gasteiger partial charge in [0.1, 0.15) is 28.7 Å². The highest BCUT2D eigenvalue weighted by Gasteiger charge is 2.51. The Balaban J connectivity index is 1.77. The number of nitriles is 2. The zero-order valence-corrected chi connectivity index (χ0v) is 17.4. The number of nitrogens with zero attached hydrogens (tertiary/aromatic N) is 5. The molecule has 1 aromatic heterocycles. The number of anilines is 1. The second-order valence-electron chi connectivity index (χ2n) is 8.54. The number of amides is 1. The fraction of sp³-hybridized carbons (Fsp3) is 0.600. The van der Waals surface area contributed by atoms with Gasteiger partial charge >= 0.3 is 6.09 Å². The van der Waals surface area contributed by atoms with Gasteiger partial charge in [0.15, 0.2) is 0 Å². The Kier molecular flexibility index (Phi) is 5.16. The number of halogens is 1. The van der Waals surface area contributed by atoms with Crippen molar-refractivity contribution in [3.63, 3.8) is 0 Å². The summed E-state index contributed by atoms with van der Waals surface area (Å²) in [7, 11) is 0. The molecule has 0 radical (unpaired) electrons. The summed E-state index contributed by atoms with van der Waals surface area (Å²) in [6.07, 6.45) is 1.15. The molecule has 0 aliphatic carbocycles. The van der Waals surface area contributed by atoms with E-state index in [1.165, 1.54) is 0 Å². The molecule has 0 bridgehead atoms. The van der Waals surface area contributed by atoms with Crippen LogP contribution in [0.1, 0.15) is 50.8 Å². The lowest BCUT2D eigenvalue weighted by Gasteiger charge is -2.47. The fourth-order valence-corrected chi connectivity index (χ4v) is 4.23.